The Kier molecular flexibility index (Phi) is 5.63. The van der Waals surface area contributed by atoms with Crippen LogP contribution in [-0.4, -0.2) is 26.3 Å². The first-order valence-electron chi connectivity index (χ1n) is 11.5. The number of rotatable bonds is 5. The number of thiophene rings is 1. The molecule has 1 aliphatic rings. The highest BCUT2D eigenvalue weighted by atomic mass is 32.2. The van der Waals surface area contributed by atoms with Crippen molar-refractivity contribution in [2.45, 2.75) is 43.0 Å². The molecule has 3 aromatic heterocycles. The summed E-state index contributed by atoms with van der Waals surface area (Å²) in [6, 6.07) is 17.9. The van der Waals surface area contributed by atoms with E-state index >= 15 is 0 Å². The van der Waals surface area contributed by atoms with Crippen molar-refractivity contribution < 1.29 is 4.74 Å². The second-order valence-corrected chi connectivity index (χ2v) is 10.5. The number of benzene rings is 2. The average molecular weight is 489 g/mol. The van der Waals surface area contributed by atoms with Gasteiger partial charge in [-0.25, -0.2) is 8.97 Å². The van der Waals surface area contributed by atoms with E-state index in [1.54, 1.807) is 34.8 Å². The minimum atomic E-state index is -0.0147. The van der Waals surface area contributed by atoms with Crippen molar-refractivity contribution >= 4 is 39.1 Å². The minimum absolute atomic E-state index is 0.0147. The van der Waals surface area contributed by atoms with Crippen LogP contribution in [-0.2, 0) is 18.6 Å². The standard InChI is InChI=1S/C26H24N4O2S2/c1-32-19-14-12-18(13-15-19)29-23(31)22-20-10-6-3-7-11-21(20)34-24(22)30-25(29)27-28-26(30)33-16-17-8-4-2-5-9-17/h2,4-5,8-9,12-15H,3,6-7,10-11,16H2,1H3. The molecular formula is C26H24N4O2S2. The van der Waals surface area contributed by atoms with E-state index in [9.17, 15) is 4.79 Å². The zero-order valence-corrected chi connectivity index (χ0v) is 20.5. The summed E-state index contributed by atoms with van der Waals surface area (Å²) < 4.78 is 9.12. The Hall–Kier alpha value is -3.10. The number of aromatic nitrogens is 4. The van der Waals surface area contributed by atoms with Gasteiger partial charge in [0.05, 0.1) is 18.2 Å². The fraction of sp³-hybridized carbons (Fsp3) is 0.269. The molecule has 8 heteroatoms. The fourth-order valence-electron chi connectivity index (χ4n) is 4.67. The number of hydrogen-bond donors (Lipinski definition) is 0. The topological polar surface area (TPSA) is 61.4 Å². The maximum Gasteiger partial charge on any atom is 0.268 e. The van der Waals surface area contributed by atoms with Crippen molar-refractivity contribution in [3.63, 3.8) is 0 Å². The molecule has 6 rings (SSSR count). The molecule has 6 nitrogen and oxygen atoms in total. The smallest absolute Gasteiger partial charge is 0.268 e. The van der Waals surface area contributed by atoms with Gasteiger partial charge < -0.3 is 4.74 Å². The second kappa shape index (κ2) is 8.92. The van der Waals surface area contributed by atoms with E-state index < -0.39 is 0 Å². The van der Waals surface area contributed by atoms with Crippen LogP contribution < -0.4 is 10.3 Å². The highest BCUT2D eigenvalue weighted by Crippen LogP contribution is 2.36. The maximum atomic E-state index is 14.0. The summed E-state index contributed by atoms with van der Waals surface area (Å²) in [6.07, 6.45) is 5.49. The van der Waals surface area contributed by atoms with Crippen molar-refractivity contribution in [3.05, 3.63) is 81.0 Å². The summed E-state index contributed by atoms with van der Waals surface area (Å²) >= 11 is 3.39. The number of hydrogen-bond acceptors (Lipinski definition) is 6. The third-order valence-electron chi connectivity index (χ3n) is 6.38. The Labute approximate surface area is 205 Å². The molecule has 0 fully saturated rings. The lowest BCUT2D eigenvalue weighted by atomic mass is 10.1. The summed E-state index contributed by atoms with van der Waals surface area (Å²) in [4.78, 5) is 16.3. The van der Waals surface area contributed by atoms with E-state index in [1.807, 2.05) is 42.5 Å². The van der Waals surface area contributed by atoms with Gasteiger partial charge in [-0.15, -0.1) is 21.5 Å². The number of fused-ring (bicyclic) bond motifs is 5. The molecule has 3 heterocycles. The predicted molar refractivity (Wildman–Crippen MR) is 138 cm³/mol. The molecule has 5 aromatic rings. The van der Waals surface area contributed by atoms with Crippen molar-refractivity contribution in [1.82, 2.24) is 19.2 Å². The molecule has 34 heavy (non-hydrogen) atoms. The number of methoxy groups -OCH3 is 1. The number of thioether (sulfide) groups is 1. The van der Waals surface area contributed by atoms with Gasteiger partial charge in [-0.05, 0) is 61.1 Å². The lowest BCUT2D eigenvalue weighted by Gasteiger charge is -2.11. The van der Waals surface area contributed by atoms with Crippen LogP contribution in [0.25, 0.3) is 21.7 Å². The largest absolute Gasteiger partial charge is 0.497 e. The van der Waals surface area contributed by atoms with Crippen LogP contribution in [0.4, 0.5) is 0 Å². The molecule has 1 aliphatic carbocycles. The number of nitrogens with zero attached hydrogens (tertiary/aromatic N) is 4. The van der Waals surface area contributed by atoms with E-state index in [4.69, 9.17) is 4.74 Å². The van der Waals surface area contributed by atoms with Gasteiger partial charge in [0, 0.05) is 10.6 Å². The molecule has 0 aliphatic heterocycles. The molecule has 0 radical (unpaired) electrons. The van der Waals surface area contributed by atoms with Crippen molar-refractivity contribution in [2.75, 3.05) is 7.11 Å². The number of aryl methyl sites for hydroxylation is 2. The van der Waals surface area contributed by atoms with Crippen LogP contribution in [0.3, 0.4) is 0 Å². The molecule has 0 atom stereocenters. The van der Waals surface area contributed by atoms with Crippen molar-refractivity contribution in [3.8, 4) is 11.4 Å². The molecule has 0 saturated carbocycles. The second-order valence-electron chi connectivity index (χ2n) is 8.48. The Morgan fingerprint density at radius 3 is 2.59 bits per heavy atom. The molecule has 0 amide bonds. The van der Waals surface area contributed by atoms with Gasteiger partial charge in [-0.2, -0.15) is 0 Å². The third kappa shape index (κ3) is 3.61. The molecule has 2 aromatic carbocycles. The molecular weight excluding hydrogens is 464 g/mol. The maximum absolute atomic E-state index is 14.0. The molecule has 172 valence electrons. The van der Waals surface area contributed by atoms with Crippen molar-refractivity contribution in [1.29, 1.82) is 0 Å². The normalized spacial score (nSPS) is 13.8. The fourth-order valence-corrected chi connectivity index (χ4v) is 7.00. The van der Waals surface area contributed by atoms with Gasteiger partial charge in [0.25, 0.3) is 5.56 Å². The van der Waals surface area contributed by atoms with Crippen LogP contribution in [0.2, 0.25) is 0 Å². The lowest BCUT2D eigenvalue weighted by molar-refractivity contribution is 0.414. The molecule has 0 N–H and O–H groups in total. The van der Waals surface area contributed by atoms with Crippen LogP contribution >= 0.6 is 23.1 Å². The van der Waals surface area contributed by atoms with Crippen LogP contribution in [0.5, 0.6) is 5.75 Å². The highest BCUT2D eigenvalue weighted by molar-refractivity contribution is 7.98. The third-order valence-corrected chi connectivity index (χ3v) is 8.66. The highest BCUT2D eigenvalue weighted by Gasteiger charge is 2.25. The monoisotopic (exact) mass is 488 g/mol. The molecule has 0 unspecified atom stereocenters. The van der Waals surface area contributed by atoms with Gasteiger partial charge in [0.2, 0.25) is 5.78 Å². The zero-order chi connectivity index (χ0) is 23.1. The van der Waals surface area contributed by atoms with Gasteiger partial charge in [0.1, 0.15) is 10.6 Å². The Bertz CT molecular complexity index is 1540. The summed E-state index contributed by atoms with van der Waals surface area (Å²) in [5.74, 6) is 2.09. The van der Waals surface area contributed by atoms with Crippen LogP contribution in [0, 0.1) is 0 Å². The van der Waals surface area contributed by atoms with E-state index in [0.717, 1.165) is 51.8 Å². The van der Waals surface area contributed by atoms with E-state index in [-0.39, 0.29) is 5.56 Å². The predicted octanol–water partition coefficient (Wildman–Crippen LogP) is 5.66. The van der Waals surface area contributed by atoms with Gasteiger partial charge in [0.15, 0.2) is 5.16 Å². The van der Waals surface area contributed by atoms with Crippen LogP contribution in [0.1, 0.15) is 35.3 Å². The van der Waals surface area contributed by atoms with Crippen molar-refractivity contribution in [2.24, 2.45) is 0 Å². The van der Waals surface area contributed by atoms with Crippen LogP contribution in [0.15, 0.2) is 64.5 Å². The van der Waals surface area contributed by atoms with E-state index in [1.165, 1.54) is 28.8 Å². The molecule has 0 saturated heterocycles. The summed E-state index contributed by atoms with van der Waals surface area (Å²) in [5, 5.41) is 10.7. The van der Waals surface area contributed by atoms with Gasteiger partial charge in [-0.3, -0.25) is 4.79 Å². The summed E-state index contributed by atoms with van der Waals surface area (Å²) in [5.41, 5.74) is 3.20. The number of ether oxygens (including phenoxy) is 1. The van der Waals surface area contributed by atoms with Gasteiger partial charge in [-0.1, -0.05) is 48.5 Å². The average Bonchev–Trinajstić information content (AvgIpc) is 3.37. The van der Waals surface area contributed by atoms with E-state index in [2.05, 4.69) is 26.7 Å². The summed E-state index contributed by atoms with van der Waals surface area (Å²) in [7, 11) is 1.64. The lowest BCUT2D eigenvalue weighted by Crippen LogP contribution is -2.22. The first kappa shape index (κ1) is 21.4. The minimum Gasteiger partial charge on any atom is -0.497 e. The zero-order valence-electron chi connectivity index (χ0n) is 18.9. The summed E-state index contributed by atoms with van der Waals surface area (Å²) in [6.45, 7) is 0. The first-order chi connectivity index (χ1) is 16.7. The van der Waals surface area contributed by atoms with E-state index in [0.29, 0.717) is 5.78 Å². The Morgan fingerprint density at radius 2 is 1.79 bits per heavy atom. The van der Waals surface area contributed by atoms with Gasteiger partial charge >= 0.3 is 0 Å². The Morgan fingerprint density at radius 1 is 1.00 bits per heavy atom. The quantitative estimate of drug-likeness (QED) is 0.236. The molecule has 0 spiro atoms. The molecule has 0 bridgehead atoms. The first-order valence-corrected chi connectivity index (χ1v) is 13.3. The SMILES string of the molecule is COc1ccc(-n2c(=O)c3c4c(sc3n3c(SCc5ccccc5)nnc23)CCCCC4)cc1. The Balaban J connectivity index is 1.59.